The molecule has 0 aliphatic carbocycles. The van der Waals surface area contributed by atoms with Crippen molar-refractivity contribution in [3.05, 3.63) is 51.5 Å². The van der Waals surface area contributed by atoms with Crippen LogP contribution >= 0.6 is 11.3 Å². The summed E-state index contributed by atoms with van der Waals surface area (Å²) in [5.74, 6) is 0. The maximum atomic E-state index is 12.6. The molecule has 0 fully saturated rings. The number of nitrogens with zero attached hydrogens (tertiary/aromatic N) is 1. The van der Waals surface area contributed by atoms with E-state index in [2.05, 4.69) is 15.6 Å². The quantitative estimate of drug-likeness (QED) is 0.881. The first-order chi connectivity index (χ1) is 10.8. The molecule has 0 spiro atoms. The average Bonchev–Trinajstić information content (AvgIpc) is 2.91. The van der Waals surface area contributed by atoms with Gasteiger partial charge in [0.1, 0.15) is 0 Å². The predicted molar refractivity (Wildman–Crippen MR) is 82.1 cm³/mol. The number of carbonyl (C=O) groups is 1. The van der Waals surface area contributed by atoms with Gasteiger partial charge in [-0.3, -0.25) is 0 Å². The fourth-order valence-electron chi connectivity index (χ4n) is 1.94. The van der Waals surface area contributed by atoms with Crippen LogP contribution in [0.1, 0.15) is 34.8 Å². The maximum absolute atomic E-state index is 12.6. The van der Waals surface area contributed by atoms with E-state index in [1.54, 1.807) is 6.92 Å². The van der Waals surface area contributed by atoms with Crippen LogP contribution in [-0.4, -0.2) is 11.0 Å². The number of aromatic nitrogens is 1. The van der Waals surface area contributed by atoms with E-state index in [1.165, 1.54) is 23.5 Å². The van der Waals surface area contributed by atoms with Gasteiger partial charge < -0.3 is 10.6 Å². The molecule has 1 atom stereocenters. The van der Waals surface area contributed by atoms with Crippen LogP contribution in [0.3, 0.4) is 0 Å². The molecule has 23 heavy (non-hydrogen) atoms. The molecule has 4 nitrogen and oxygen atoms in total. The minimum Gasteiger partial charge on any atom is -0.334 e. The first-order valence-corrected chi connectivity index (χ1v) is 7.76. The number of aryl methyl sites for hydroxylation is 1. The molecule has 1 aromatic carbocycles. The van der Waals surface area contributed by atoms with E-state index < -0.39 is 17.8 Å². The summed E-state index contributed by atoms with van der Waals surface area (Å²) in [6.07, 6.45) is -4.39. The van der Waals surface area contributed by atoms with Gasteiger partial charge in [0.15, 0.2) is 0 Å². The fraction of sp³-hybridized carbons (Fsp3) is 0.333. The van der Waals surface area contributed by atoms with E-state index in [-0.39, 0.29) is 12.6 Å². The molecule has 2 amide bonds. The Bertz CT molecular complexity index is 685. The highest BCUT2D eigenvalue weighted by molar-refractivity contribution is 7.09. The lowest BCUT2D eigenvalue weighted by Crippen LogP contribution is -2.36. The molecule has 2 rings (SSSR count). The van der Waals surface area contributed by atoms with Crippen LogP contribution in [0.5, 0.6) is 0 Å². The molecule has 8 heteroatoms. The first kappa shape index (κ1) is 17.3. The van der Waals surface area contributed by atoms with Crippen molar-refractivity contribution in [2.45, 2.75) is 32.6 Å². The third-order valence-electron chi connectivity index (χ3n) is 3.14. The van der Waals surface area contributed by atoms with Crippen molar-refractivity contribution in [1.82, 2.24) is 15.6 Å². The van der Waals surface area contributed by atoms with Crippen molar-refractivity contribution < 1.29 is 18.0 Å². The van der Waals surface area contributed by atoms with Crippen molar-refractivity contribution in [1.29, 1.82) is 0 Å². The molecule has 0 saturated carbocycles. The molecule has 1 unspecified atom stereocenters. The van der Waals surface area contributed by atoms with Gasteiger partial charge in [-0.05, 0) is 31.5 Å². The number of alkyl halides is 3. The van der Waals surface area contributed by atoms with Crippen LogP contribution < -0.4 is 10.6 Å². The molecule has 0 bridgehead atoms. The minimum atomic E-state index is -4.39. The Morgan fingerprint density at radius 3 is 2.74 bits per heavy atom. The second kappa shape index (κ2) is 6.99. The SMILES string of the molecule is Cc1nc(C(C)NC(=O)NCc2cccc(C(F)(F)F)c2)cs1. The zero-order valence-electron chi connectivity index (χ0n) is 12.6. The number of rotatable bonds is 4. The Morgan fingerprint density at radius 2 is 2.13 bits per heavy atom. The van der Waals surface area contributed by atoms with Crippen molar-refractivity contribution in [3.63, 3.8) is 0 Å². The van der Waals surface area contributed by atoms with Crippen molar-refractivity contribution >= 4 is 17.4 Å². The number of halogens is 3. The van der Waals surface area contributed by atoms with Crippen LogP contribution in [0.15, 0.2) is 29.6 Å². The summed E-state index contributed by atoms with van der Waals surface area (Å²) < 4.78 is 37.9. The second-order valence-electron chi connectivity index (χ2n) is 5.04. The maximum Gasteiger partial charge on any atom is 0.416 e. The van der Waals surface area contributed by atoms with E-state index in [0.717, 1.165) is 22.8 Å². The zero-order valence-corrected chi connectivity index (χ0v) is 13.4. The third-order valence-corrected chi connectivity index (χ3v) is 3.93. The molecule has 124 valence electrons. The molecule has 1 heterocycles. The molecule has 2 N–H and O–H groups in total. The summed E-state index contributed by atoms with van der Waals surface area (Å²) in [6, 6.07) is 4.13. The number of carbonyl (C=O) groups excluding carboxylic acids is 1. The molecule has 0 saturated heterocycles. The van der Waals surface area contributed by atoms with Crippen LogP contribution in [0.25, 0.3) is 0 Å². The number of amides is 2. The summed E-state index contributed by atoms with van der Waals surface area (Å²) in [5, 5.41) is 8.00. The van der Waals surface area contributed by atoms with Gasteiger partial charge in [-0.2, -0.15) is 13.2 Å². The van der Waals surface area contributed by atoms with Crippen molar-refractivity contribution in [3.8, 4) is 0 Å². The molecule has 0 aliphatic rings. The van der Waals surface area contributed by atoms with E-state index >= 15 is 0 Å². The van der Waals surface area contributed by atoms with Gasteiger partial charge in [-0.25, -0.2) is 9.78 Å². The van der Waals surface area contributed by atoms with Crippen LogP contribution in [0.2, 0.25) is 0 Å². The number of thiazole rings is 1. The largest absolute Gasteiger partial charge is 0.416 e. The Hall–Kier alpha value is -2.09. The van der Waals surface area contributed by atoms with Gasteiger partial charge in [0.05, 0.1) is 22.3 Å². The van der Waals surface area contributed by atoms with Crippen molar-refractivity contribution in [2.24, 2.45) is 0 Å². The lowest BCUT2D eigenvalue weighted by atomic mass is 10.1. The van der Waals surface area contributed by atoms with E-state index in [9.17, 15) is 18.0 Å². The van der Waals surface area contributed by atoms with Crippen LogP contribution in [0.4, 0.5) is 18.0 Å². The summed E-state index contributed by atoms with van der Waals surface area (Å²) in [7, 11) is 0. The summed E-state index contributed by atoms with van der Waals surface area (Å²) in [5.41, 5.74) is 0.400. The number of hydrogen-bond donors (Lipinski definition) is 2. The highest BCUT2D eigenvalue weighted by atomic mass is 32.1. The van der Waals surface area contributed by atoms with Gasteiger partial charge in [0, 0.05) is 11.9 Å². The highest BCUT2D eigenvalue weighted by Crippen LogP contribution is 2.29. The third kappa shape index (κ3) is 4.95. The summed E-state index contributed by atoms with van der Waals surface area (Å²) in [6.45, 7) is 3.67. The Balaban J connectivity index is 1.89. The normalized spacial score (nSPS) is 12.7. The topological polar surface area (TPSA) is 54.0 Å². The van der Waals surface area contributed by atoms with E-state index in [1.807, 2.05) is 12.3 Å². The Morgan fingerprint density at radius 1 is 1.39 bits per heavy atom. The smallest absolute Gasteiger partial charge is 0.334 e. The van der Waals surface area contributed by atoms with Crippen molar-refractivity contribution in [2.75, 3.05) is 0 Å². The summed E-state index contributed by atoms with van der Waals surface area (Å²) >= 11 is 1.48. The van der Waals surface area contributed by atoms with Gasteiger partial charge in [-0.15, -0.1) is 11.3 Å². The monoisotopic (exact) mass is 343 g/mol. The number of hydrogen-bond acceptors (Lipinski definition) is 3. The van der Waals surface area contributed by atoms with E-state index in [0.29, 0.717) is 5.56 Å². The first-order valence-electron chi connectivity index (χ1n) is 6.88. The highest BCUT2D eigenvalue weighted by Gasteiger charge is 2.30. The molecule has 0 aliphatic heterocycles. The van der Waals surface area contributed by atoms with Crippen LogP contribution in [0, 0.1) is 6.92 Å². The van der Waals surface area contributed by atoms with E-state index in [4.69, 9.17) is 0 Å². The molecule has 0 radical (unpaired) electrons. The zero-order chi connectivity index (χ0) is 17.0. The second-order valence-corrected chi connectivity index (χ2v) is 6.10. The van der Waals surface area contributed by atoms with Gasteiger partial charge in [0.2, 0.25) is 0 Å². The summed E-state index contributed by atoms with van der Waals surface area (Å²) in [4.78, 5) is 16.1. The lowest BCUT2D eigenvalue weighted by molar-refractivity contribution is -0.137. The Labute approximate surface area is 135 Å². The fourth-order valence-corrected chi connectivity index (χ4v) is 2.65. The standard InChI is InChI=1S/C15H16F3N3OS/c1-9(13-8-23-10(2)21-13)20-14(22)19-7-11-4-3-5-12(6-11)15(16,17)18/h3-6,8-9H,7H2,1-2H3,(H2,19,20,22). The molecule has 2 aromatic rings. The van der Waals surface area contributed by atoms with Gasteiger partial charge >= 0.3 is 12.2 Å². The van der Waals surface area contributed by atoms with Gasteiger partial charge in [0.25, 0.3) is 0 Å². The molecular formula is C15H16F3N3OS. The number of benzene rings is 1. The van der Waals surface area contributed by atoms with Gasteiger partial charge in [-0.1, -0.05) is 12.1 Å². The molecule has 1 aromatic heterocycles. The Kier molecular flexibility index (Phi) is 5.25. The minimum absolute atomic E-state index is 0.0125. The molecular weight excluding hydrogens is 327 g/mol. The average molecular weight is 343 g/mol. The predicted octanol–water partition coefficient (Wildman–Crippen LogP) is 4.03. The van der Waals surface area contributed by atoms with Crippen LogP contribution in [-0.2, 0) is 12.7 Å². The number of nitrogens with one attached hydrogen (secondary N) is 2. The number of urea groups is 1. The lowest BCUT2D eigenvalue weighted by Gasteiger charge is -2.13.